The fraction of sp³-hybridized carbons (Fsp3) is 1.00. The van der Waals surface area contributed by atoms with Gasteiger partial charge in [-0.05, 0) is 12.8 Å². The Morgan fingerprint density at radius 3 is 1.57 bits per heavy atom. The van der Waals surface area contributed by atoms with Crippen molar-refractivity contribution in [2.45, 2.75) is 86.2 Å². The normalized spacial score (nSPS) is 27.7. The summed E-state index contributed by atoms with van der Waals surface area (Å²) in [6.07, 6.45) is -11.3. The van der Waals surface area contributed by atoms with Crippen molar-refractivity contribution in [3.8, 4) is 0 Å². The summed E-state index contributed by atoms with van der Waals surface area (Å²) < 4.78 is 180. The van der Waals surface area contributed by atoms with Gasteiger partial charge in [0.25, 0.3) is 0 Å². The number of hydrogen-bond acceptors (Lipinski definition) is 2. The number of fused-ring (bicyclic) bond motifs is 1. The van der Waals surface area contributed by atoms with Gasteiger partial charge in [-0.3, -0.25) is 0 Å². The van der Waals surface area contributed by atoms with E-state index in [2.05, 4.69) is 0 Å². The fourth-order valence-corrected chi connectivity index (χ4v) is 3.25. The van der Waals surface area contributed by atoms with Gasteiger partial charge in [0.15, 0.2) is 0 Å². The summed E-state index contributed by atoms with van der Waals surface area (Å²) in [5, 5.41) is 0. The highest BCUT2D eigenvalue weighted by Gasteiger charge is 2.90. The second kappa shape index (κ2) is 7.55. The summed E-state index contributed by atoms with van der Waals surface area (Å²) in [5.74, 6) is -36.8. The van der Waals surface area contributed by atoms with Crippen LogP contribution in [0.1, 0.15) is 32.1 Å². The average molecular weight is 474 g/mol. The highest BCUT2D eigenvalue weighted by atomic mass is 19.4. The third-order valence-electron chi connectivity index (χ3n) is 4.99. The van der Waals surface area contributed by atoms with Crippen molar-refractivity contribution in [3.05, 3.63) is 0 Å². The van der Waals surface area contributed by atoms with E-state index in [1.54, 1.807) is 0 Å². The molecule has 2 fully saturated rings. The van der Waals surface area contributed by atoms with Gasteiger partial charge >= 0.3 is 35.8 Å². The number of rotatable bonds is 6. The Balaban J connectivity index is 2.26. The van der Waals surface area contributed by atoms with Crippen LogP contribution in [0.15, 0.2) is 0 Å². The Kier molecular flexibility index (Phi) is 6.36. The number of alkyl halides is 13. The molecule has 2 aliphatic rings. The third-order valence-corrected chi connectivity index (χ3v) is 4.99. The Bertz CT molecular complexity index is 616. The molecule has 0 spiro atoms. The molecule has 1 aliphatic carbocycles. The second-order valence-corrected chi connectivity index (χ2v) is 7.16. The highest BCUT2D eigenvalue weighted by Crippen LogP contribution is 2.60. The van der Waals surface area contributed by atoms with Gasteiger partial charge in [0.1, 0.15) is 0 Å². The second-order valence-electron chi connectivity index (χ2n) is 7.16. The summed E-state index contributed by atoms with van der Waals surface area (Å²) >= 11 is 0. The van der Waals surface area contributed by atoms with Gasteiger partial charge in [0.2, 0.25) is 0 Å². The Hall–Kier alpha value is -0.990. The third kappa shape index (κ3) is 3.84. The molecule has 1 aliphatic heterocycles. The number of hydrogen-bond donors (Lipinski definition) is 0. The summed E-state index contributed by atoms with van der Waals surface area (Å²) in [7, 11) is 0. The SMILES string of the molecule is FC(F)(F)C(F)(F)C(F)(F)C(F)(F)C(F)(F)C(F)(F)CC1CO[C@H]2CCCC[C@@H]2O1. The van der Waals surface area contributed by atoms with Crippen molar-refractivity contribution in [1.82, 2.24) is 0 Å². The molecule has 15 heteroatoms. The topological polar surface area (TPSA) is 18.5 Å². The maximum absolute atomic E-state index is 13.9. The first-order valence-electron chi connectivity index (χ1n) is 8.52. The van der Waals surface area contributed by atoms with Crippen LogP contribution in [0.5, 0.6) is 0 Å². The molecule has 0 aromatic rings. The largest absolute Gasteiger partial charge is 0.460 e. The van der Waals surface area contributed by atoms with Crippen molar-refractivity contribution >= 4 is 0 Å². The predicted octanol–water partition coefficient (Wildman–Crippen LogP) is 5.84. The van der Waals surface area contributed by atoms with E-state index in [0.717, 1.165) is 0 Å². The van der Waals surface area contributed by atoms with Gasteiger partial charge in [0, 0.05) is 6.42 Å². The van der Waals surface area contributed by atoms with Crippen LogP contribution in [0.3, 0.4) is 0 Å². The van der Waals surface area contributed by atoms with E-state index in [-0.39, 0.29) is 6.42 Å². The minimum atomic E-state index is -7.89. The molecule has 0 amide bonds. The number of ether oxygens (including phenoxy) is 2. The smallest absolute Gasteiger partial charge is 0.373 e. The molecule has 1 unspecified atom stereocenters. The Morgan fingerprint density at radius 2 is 1.07 bits per heavy atom. The van der Waals surface area contributed by atoms with Crippen LogP contribution in [-0.2, 0) is 9.47 Å². The monoisotopic (exact) mass is 474 g/mol. The summed E-state index contributed by atoms with van der Waals surface area (Å²) in [6.45, 7) is -0.812. The molecule has 0 aromatic carbocycles. The van der Waals surface area contributed by atoms with Gasteiger partial charge < -0.3 is 9.47 Å². The zero-order valence-electron chi connectivity index (χ0n) is 14.7. The molecule has 1 saturated carbocycles. The fourth-order valence-electron chi connectivity index (χ4n) is 3.25. The van der Waals surface area contributed by atoms with Gasteiger partial charge in [-0.2, -0.15) is 57.1 Å². The molecule has 2 rings (SSSR count). The van der Waals surface area contributed by atoms with Crippen LogP contribution in [0.2, 0.25) is 0 Å². The molecule has 3 atom stereocenters. The van der Waals surface area contributed by atoms with Crippen molar-refractivity contribution in [2.75, 3.05) is 6.61 Å². The van der Waals surface area contributed by atoms with Crippen molar-refractivity contribution in [1.29, 1.82) is 0 Å². The molecule has 0 N–H and O–H groups in total. The van der Waals surface area contributed by atoms with Crippen molar-refractivity contribution in [3.63, 3.8) is 0 Å². The lowest BCUT2D eigenvalue weighted by atomic mass is 9.90. The predicted molar refractivity (Wildman–Crippen MR) is 72.3 cm³/mol. The standard InChI is InChI=1S/C15H15F13O2/c16-10(17,5-7-6-29-8-3-1-2-4-9(8)30-7)11(18,19)12(20,21)13(22,23)14(24,25)15(26,27)28/h7-9H,1-6H2/t7?,8-,9-/m0/s1. The van der Waals surface area contributed by atoms with Crippen molar-refractivity contribution < 1.29 is 66.5 Å². The Morgan fingerprint density at radius 1 is 0.600 bits per heavy atom. The first kappa shape index (κ1) is 25.3. The molecule has 1 heterocycles. The van der Waals surface area contributed by atoms with E-state index >= 15 is 0 Å². The van der Waals surface area contributed by atoms with Crippen LogP contribution in [0.25, 0.3) is 0 Å². The minimum Gasteiger partial charge on any atom is -0.373 e. The van der Waals surface area contributed by atoms with E-state index < -0.39 is 67.1 Å². The van der Waals surface area contributed by atoms with E-state index in [1.165, 1.54) is 0 Å². The van der Waals surface area contributed by atoms with Gasteiger partial charge in [-0.25, -0.2) is 0 Å². The van der Waals surface area contributed by atoms with Crippen LogP contribution in [0.4, 0.5) is 57.1 Å². The van der Waals surface area contributed by atoms with Gasteiger partial charge in [-0.1, -0.05) is 12.8 Å². The van der Waals surface area contributed by atoms with E-state index in [9.17, 15) is 57.1 Å². The minimum absolute atomic E-state index is 0.245. The lowest BCUT2D eigenvalue weighted by molar-refractivity contribution is -0.441. The molecular formula is C15H15F13O2. The zero-order valence-corrected chi connectivity index (χ0v) is 14.7. The van der Waals surface area contributed by atoms with E-state index in [4.69, 9.17) is 9.47 Å². The summed E-state index contributed by atoms with van der Waals surface area (Å²) in [5.41, 5.74) is 0. The van der Waals surface area contributed by atoms with Gasteiger partial charge in [-0.15, -0.1) is 0 Å². The maximum Gasteiger partial charge on any atom is 0.460 e. The lowest BCUT2D eigenvalue weighted by Gasteiger charge is -2.43. The summed E-state index contributed by atoms with van der Waals surface area (Å²) in [4.78, 5) is 0. The van der Waals surface area contributed by atoms with E-state index in [0.29, 0.717) is 19.3 Å². The Labute approximate surface area is 160 Å². The van der Waals surface area contributed by atoms with E-state index in [1.807, 2.05) is 0 Å². The van der Waals surface area contributed by atoms with Crippen LogP contribution >= 0.6 is 0 Å². The molecule has 2 nitrogen and oxygen atoms in total. The van der Waals surface area contributed by atoms with Crippen LogP contribution < -0.4 is 0 Å². The quantitative estimate of drug-likeness (QED) is 0.451. The van der Waals surface area contributed by atoms with Crippen LogP contribution in [0, 0.1) is 0 Å². The molecule has 30 heavy (non-hydrogen) atoms. The molecular weight excluding hydrogens is 459 g/mol. The summed E-state index contributed by atoms with van der Waals surface area (Å²) in [6, 6.07) is 0. The number of halogens is 13. The first-order chi connectivity index (χ1) is 13.3. The molecule has 0 radical (unpaired) electrons. The lowest BCUT2D eigenvalue weighted by Crippen LogP contribution is -2.70. The molecule has 178 valence electrons. The average Bonchev–Trinajstić information content (AvgIpc) is 2.59. The van der Waals surface area contributed by atoms with Crippen LogP contribution in [-0.4, -0.2) is 60.7 Å². The molecule has 0 bridgehead atoms. The highest BCUT2D eigenvalue weighted by molar-refractivity contribution is 5.10. The zero-order chi connectivity index (χ0) is 23.4. The molecule has 1 saturated heterocycles. The first-order valence-corrected chi connectivity index (χ1v) is 8.52. The molecule has 0 aromatic heterocycles. The van der Waals surface area contributed by atoms with Gasteiger partial charge in [0.05, 0.1) is 24.9 Å². The maximum atomic E-state index is 13.9. The van der Waals surface area contributed by atoms with Crippen molar-refractivity contribution in [2.24, 2.45) is 0 Å².